The van der Waals surface area contributed by atoms with E-state index in [1.807, 2.05) is 11.9 Å². The van der Waals surface area contributed by atoms with E-state index < -0.39 is 30.7 Å². The van der Waals surface area contributed by atoms with Crippen LogP contribution in [-0.4, -0.2) is 75.3 Å². The highest BCUT2D eigenvalue weighted by Crippen LogP contribution is 2.30. The van der Waals surface area contributed by atoms with Crippen molar-refractivity contribution in [3.05, 3.63) is 41.2 Å². The first-order chi connectivity index (χ1) is 19.1. The van der Waals surface area contributed by atoms with E-state index in [-0.39, 0.29) is 41.2 Å². The summed E-state index contributed by atoms with van der Waals surface area (Å²) in [6.45, 7) is 1.49. The first kappa shape index (κ1) is 27.8. The second-order valence-electron chi connectivity index (χ2n) is 10.6. The standard InChI is InChI=1S/C27H32F4N8O/c1-37-12-10-22(20(28)16-37)35-24-9-3-8-23-18(13-27(29,30)31)21(36-39(23)24)7-4-11-33-26(40)19-14-34-38(25(19)32)15-17-5-2-6-17/h3,8-9,14,17,20,22,35H,2,5-6,10-13,15-16,32H2,1H3,(H,33,40)/t20-,22+/m0/s1. The summed E-state index contributed by atoms with van der Waals surface area (Å²) in [6.07, 6.45) is -1.50. The van der Waals surface area contributed by atoms with E-state index in [9.17, 15) is 22.4 Å². The average Bonchev–Trinajstić information content (AvgIpc) is 3.40. The average molecular weight is 561 g/mol. The molecule has 4 heterocycles. The fourth-order valence-corrected chi connectivity index (χ4v) is 5.10. The number of nitrogens with one attached hydrogen (secondary N) is 2. The number of hydrogen-bond donors (Lipinski definition) is 3. The molecule has 2 fully saturated rings. The number of fused-ring (bicyclic) bond motifs is 1. The van der Waals surface area contributed by atoms with Crippen LogP contribution in [0, 0.1) is 17.8 Å². The van der Waals surface area contributed by atoms with Gasteiger partial charge in [-0.1, -0.05) is 18.4 Å². The van der Waals surface area contributed by atoms with Gasteiger partial charge in [0.1, 0.15) is 29.1 Å². The van der Waals surface area contributed by atoms with Crippen LogP contribution in [0.3, 0.4) is 0 Å². The lowest BCUT2D eigenvalue weighted by Gasteiger charge is -2.33. The summed E-state index contributed by atoms with van der Waals surface area (Å²) in [5.74, 6) is 6.08. The summed E-state index contributed by atoms with van der Waals surface area (Å²) in [5.41, 5.74) is 6.40. The van der Waals surface area contributed by atoms with Crippen molar-refractivity contribution in [2.45, 2.75) is 57.0 Å². The Morgan fingerprint density at radius 2 is 2.05 bits per heavy atom. The molecule has 0 bridgehead atoms. The summed E-state index contributed by atoms with van der Waals surface area (Å²) in [5, 5.41) is 14.3. The van der Waals surface area contributed by atoms with E-state index >= 15 is 0 Å². The number of rotatable bonds is 7. The van der Waals surface area contributed by atoms with Gasteiger partial charge in [-0.15, -0.1) is 0 Å². The normalized spacial score (nSPS) is 20.1. The molecule has 0 unspecified atom stereocenters. The van der Waals surface area contributed by atoms with Gasteiger partial charge in [-0.05, 0) is 50.3 Å². The minimum absolute atomic E-state index is 0.0613. The van der Waals surface area contributed by atoms with Crippen molar-refractivity contribution in [1.29, 1.82) is 0 Å². The number of alkyl halides is 4. The Labute approximate surface area is 229 Å². The van der Waals surface area contributed by atoms with Crippen LogP contribution in [0.2, 0.25) is 0 Å². The van der Waals surface area contributed by atoms with E-state index in [0.29, 0.717) is 31.2 Å². The van der Waals surface area contributed by atoms with Gasteiger partial charge in [-0.2, -0.15) is 23.4 Å². The molecule has 1 aliphatic carbocycles. The maximum atomic E-state index is 14.6. The number of nitrogens with two attached hydrogens (primary N) is 1. The van der Waals surface area contributed by atoms with Crippen LogP contribution < -0.4 is 16.4 Å². The number of carbonyl (C=O) groups excluding carboxylic acids is 1. The van der Waals surface area contributed by atoms with E-state index in [4.69, 9.17) is 5.73 Å². The van der Waals surface area contributed by atoms with Gasteiger partial charge in [0, 0.05) is 25.2 Å². The quantitative estimate of drug-likeness (QED) is 0.303. The first-order valence-electron chi connectivity index (χ1n) is 13.3. The third-order valence-electron chi connectivity index (χ3n) is 7.54. The lowest BCUT2D eigenvalue weighted by molar-refractivity contribution is -0.127. The van der Waals surface area contributed by atoms with Crippen LogP contribution in [0.25, 0.3) is 5.52 Å². The maximum Gasteiger partial charge on any atom is 0.393 e. The Balaban J connectivity index is 1.33. The zero-order chi connectivity index (χ0) is 28.4. The molecule has 9 nitrogen and oxygen atoms in total. The fraction of sp³-hybridized carbons (Fsp3) is 0.519. The van der Waals surface area contributed by atoms with E-state index in [1.165, 1.54) is 23.2 Å². The number of halogens is 4. The molecule has 1 saturated carbocycles. The van der Waals surface area contributed by atoms with Crippen molar-refractivity contribution in [3.63, 3.8) is 0 Å². The highest BCUT2D eigenvalue weighted by atomic mass is 19.4. The smallest absolute Gasteiger partial charge is 0.383 e. The molecular formula is C27H32F4N8O. The second kappa shape index (κ2) is 11.4. The summed E-state index contributed by atoms with van der Waals surface area (Å²) in [6, 6.07) is 4.29. The molecule has 1 amide bonds. The Morgan fingerprint density at radius 1 is 1.25 bits per heavy atom. The predicted molar refractivity (Wildman–Crippen MR) is 143 cm³/mol. The number of carbonyl (C=O) groups is 1. The Kier molecular flexibility index (Phi) is 7.89. The molecule has 40 heavy (non-hydrogen) atoms. The molecule has 13 heteroatoms. The molecule has 0 spiro atoms. The van der Waals surface area contributed by atoms with E-state index in [1.54, 1.807) is 16.8 Å². The summed E-state index contributed by atoms with van der Waals surface area (Å²) in [7, 11) is 1.84. The van der Waals surface area contributed by atoms with Crippen LogP contribution in [0.15, 0.2) is 24.4 Å². The number of nitrogen functional groups attached to an aromatic ring is 1. The number of amides is 1. The van der Waals surface area contributed by atoms with Gasteiger partial charge in [-0.3, -0.25) is 4.79 Å². The van der Waals surface area contributed by atoms with Crippen molar-refractivity contribution in [3.8, 4) is 11.8 Å². The molecule has 2 aliphatic rings. The molecule has 1 saturated heterocycles. The molecule has 0 aromatic carbocycles. The number of likely N-dealkylation sites (tertiary alicyclic amines) is 1. The minimum Gasteiger partial charge on any atom is -0.383 e. The lowest BCUT2D eigenvalue weighted by Crippen LogP contribution is -2.46. The van der Waals surface area contributed by atoms with Crippen LogP contribution >= 0.6 is 0 Å². The molecule has 214 valence electrons. The highest BCUT2D eigenvalue weighted by Gasteiger charge is 2.32. The van der Waals surface area contributed by atoms with E-state index in [0.717, 1.165) is 12.8 Å². The zero-order valence-corrected chi connectivity index (χ0v) is 22.1. The van der Waals surface area contributed by atoms with Gasteiger partial charge in [0.05, 0.1) is 30.7 Å². The number of pyridine rings is 1. The molecular weight excluding hydrogens is 528 g/mol. The van der Waals surface area contributed by atoms with E-state index in [2.05, 4.69) is 32.7 Å². The number of aromatic nitrogens is 4. The fourth-order valence-electron chi connectivity index (χ4n) is 5.10. The second-order valence-corrected chi connectivity index (χ2v) is 10.6. The van der Waals surface area contributed by atoms with Crippen molar-refractivity contribution >= 4 is 23.1 Å². The third kappa shape index (κ3) is 6.17. The number of hydrogen-bond acceptors (Lipinski definition) is 6. The molecule has 2 atom stereocenters. The molecule has 1 aliphatic heterocycles. The van der Waals surface area contributed by atoms with Crippen molar-refractivity contribution < 1.29 is 22.4 Å². The zero-order valence-electron chi connectivity index (χ0n) is 22.1. The monoisotopic (exact) mass is 560 g/mol. The first-order valence-corrected chi connectivity index (χ1v) is 13.3. The third-order valence-corrected chi connectivity index (χ3v) is 7.54. The van der Waals surface area contributed by atoms with Crippen molar-refractivity contribution in [2.75, 3.05) is 37.7 Å². The highest BCUT2D eigenvalue weighted by molar-refractivity contribution is 5.98. The van der Waals surface area contributed by atoms with Crippen LogP contribution in [0.1, 0.15) is 47.3 Å². The van der Waals surface area contributed by atoms with Gasteiger partial charge in [0.2, 0.25) is 0 Å². The van der Waals surface area contributed by atoms with Crippen LogP contribution in [-0.2, 0) is 13.0 Å². The molecule has 0 radical (unpaired) electrons. The van der Waals surface area contributed by atoms with Crippen LogP contribution in [0.4, 0.5) is 29.2 Å². The minimum atomic E-state index is -4.49. The summed E-state index contributed by atoms with van der Waals surface area (Å²) >= 11 is 0. The molecule has 3 aromatic rings. The largest absolute Gasteiger partial charge is 0.393 e. The predicted octanol–water partition coefficient (Wildman–Crippen LogP) is 3.25. The van der Waals surface area contributed by atoms with Crippen molar-refractivity contribution in [1.82, 2.24) is 29.6 Å². The Hall–Kier alpha value is -3.79. The molecule has 3 aromatic heterocycles. The van der Waals surface area contributed by atoms with Gasteiger partial charge >= 0.3 is 6.18 Å². The van der Waals surface area contributed by atoms with Gasteiger partial charge < -0.3 is 21.3 Å². The van der Waals surface area contributed by atoms with Crippen LogP contribution in [0.5, 0.6) is 0 Å². The van der Waals surface area contributed by atoms with Gasteiger partial charge in [-0.25, -0.2) is 13.6 Å². The maximum absolute atomic E-state index is 14.6. The molecule has 4 N–H and O–H groups in total. The number of piperidine rings is 1. The number of nitrogens with zero attached hydrogens (tertiary/aromatic N) is 5. The Bertz CT molecular complexity index is 1430. The summed E-state index contributed by atoms with van der Waals surface area (Å²) in [4.78, 5) is 14.5. The topological polar surface area (TPSA) is 106 Å². The van der Waals surface area contributed by atoms with Gasteiger partial charge in [0.25, 0.3) is 5.91 Å². The lowest BCUT2D eigenvalue weighted by atomic mass is 9.85. The van der Waals surface area contributed by atoms with Crippen molar-refractivity contribution in [2.24, 2.45) is 5.92 Å². The SMILES string of the molecule is CN1CC[C@@H](Nc2cccc3c(CC(F)(F)F)c(C#CCNC(=O)c4cnn(CC5CCC5)c4N)nn23)[C@@H](F)C1. The summed E-state index contributed by atoms with van der Waals surface area (Å²) < 4.78 is 58.0. The molecule has 5 rings (SSSR count). The Morgan fingerprint density at radius 3 is 2.75 bits per heavy atom. The van der Waals surface area contributed by atoms with Gasteiger partial charge in [0.15, 0.2) is 0 Å². The number of anilines is 2.